The Labute approximate surface area is 144 Å². The lowest BCUT2D eigenvalue weighted by atomic mass is 10.0. The van der Waals surface area contributed by atoms with Crippen molar-refractivity contribution in [3.8, 4) is 5.88 Å². The predicted molar refractivity (Wildman–Crippen MR) is 85.9 cm³/mol. The van der Waals surface area contributed by atoms with Crippen LogP contribution in [0.15, 0.2) is 34.9 Å². The number of rotatable bonds is 3. The van der Waals surface area contributed by atoms with Gasteiger partial charge in [-0.15, -0.1) is 0 Å². The summed E-state index contributed by atoms with van der Waals surface area (Å²) in [6.07, 6.45) is 2.40. The van der Waals surface area contributed by atoms with E-state index < -0.39 is 11.9 Å². The number of pyridine rings is 1. The van der Waals surface area contributed by atoms with Gasteiger partial charge in [0.2, 0.25) is 0 Å². The third-order valence-electron chi connectivity index (χ3n) is 4.68. The van der Waals surface area contributed by atoms with Gasteiger partial charge in [0.15, 0.2) is 11.6 Å². The standard InChI is InChI=1S/C18H19FN2O4/c1-11-6-7-14(24-11)18(22)21-10-15(16-13(21)5-3-9-23-16)25-17-12(19)4-2-8-20-17/h2,4,6-8,13,15-16H,3,5,9-10H2,1H3/t13-,15-,16+/m1/s1. The molecule has 2 aromatic heterocycles. The van der Waals surface area contributed by atoms with Crippen LogP contribution in [0.3, 0.4) is 0 Å². The van der Waals surface area contributed by atoms with Crippen molar-refractivity contribution >= 4 is 5.91 Å². The number of carbonyl (C=O) groups excluding carboxylic acids is 1. The van der Waals surface area contributed by atoms with Crippen molar-refractivity contribution in [1.82, 2.24) is 9.88 Å². The molecule has 7 heteroatoms. The molecule has 0 radical (unpaired) electrons. The van der Waals surface area contributed by atoms with Gasteiger partial charge in [-0.25, -0.2) is 9.37 Å². The number of amides is 1. The number of halogens is 1. The smallest absolute Gasteiger partial charge is 0.290 e. The van der Waals surface area contributed by atoms with Gasteiger partial charge in [0.25, 0.3) is 11.8 Å². The highest BCUT2D eigenvalue weighted by molar-refractivity contribution is 5.92. The molecular formula is C18H19FN2O4. The number of likely N-dealkylation sites (tertiary alicyclic amines) is 1. The molecule has 3 atom stereocenters. The van der Waals surface area contributed by atoms with Crippen molar-refractivity contribution in [1.29, 1.82) is 0 Å². The maximum absolute atomic E-state index is 13.9. The van der Waals surface area contributed by atoms with Crippen molar-refractivity contribution in [2.24, 2.45) is 0 Å². The summed E-state index contributed by atoms with van der Waals surface area (Å²) in [5.41, 5.74) is 0. The first-order valence-electron chi connectivity index (χ1n) is 8.39. The Morgan fingerprint density at radius 1 is 1.40 bits per heavy atom. The van der Waals surface area contributed by atoms with E-state index in [-0.39, 0.29) is 23.9 Å². The molecular weight excluding hydrogens is 327 g/mol. The number of hydrogen-bond acceptors (Lipinski definition) is 5. The SMILES string of the molecule is Cc1ccc(C(=O)N2C[C@@H](Oc3ncccc3F)[C@H]3OCCC[C@H]32)o1. The molecule has 6 nitrogen and oxygen atoms in total. The topological polar surface area (TPSA) is 64.8 Å². The molecule has 0 spiro atoms. The number of furan rings is 1. The second-order valence-electron chi connectivity index (χ2n) is 6.36. The zero-order valence-electron chi connectivity index (χ0n) is 13.9. The number of carbonyl (C=O) groups is 1. The Morgan fingerprint density at radius 2 is 2.28 bits per heavy atom. The molecule has 4 rings (SSSR count). The Kier molecular flexibility index (Phi) is 4.17. The average molecular weight is 346 g/mol. The minimum Gasteiger partial charge on any atom is -0.468 e. The number of ether oxygens (including phenoxy) is 2. The highest BCUT2D eigenvalue weighted by Gasteiger charge is 2.48. The molecule has 0 unspecified atom stereocenters. The van der Waals surface area contributed by atoms with Crippen LogP contribution in [0, 0.1) is 12.7 Å². The van der Waals surface area contributed by atoms with Crippen LogP contribution >= 0.6 is 0 Å². The van der Waals surface area contributed by atoms with Crippen LogP contribution in [0.2, 0.25) is 0 Å². The van der Waals surface area contributed by atoms with E-state index in [1.54, 1.807) is 24.0 Å². The molecule has 0 saturated carbocycles. The van der Waals surface area contributed by atoms with Gasteiger partial charge in [-0.1, -0.05) is 0 Å². The summed E-state index contributed by atoms with van der Waals surface area (Å²) in [5, 5.41) is 0. The Morgan fingerprint density at radius 3 is 3.04 bits per heavy atom. The number of hydrogen-bond donors (Lipinski definition) is 0. The summed E-state index contributed by atoms with van der Waals surface area (Å²) in [5.74, 6) is 0.194. The van der Waals surface area contributed by atoms with E-state index in [0.29, 0.717) is 24.7 Å². The Balaban J connectivity index is 1.57. The van der Waals surface area contributed by atoms with Crippen LogP contribution in [0.25, 0.3) is 0 Å². The van der Waals surface area contributed by atoms with Crippen molar-refractivity contribution in [2.45, 2.75) is 38.0 Å². The molecule has 0 aromatic carbocycles. The number of nitrogens with zero attached hydrogens (tertiary/aromatic N) is 2. The number of fused-ring (bicyclic) bond motifs is 1. The molecule has 2 fully saturated rings. The highest BCUT2D eigenvalue weighted by Crippen LogP contribution is 2.32. The fourth-order valence-corrected chi connectivity index (χ4v) is 3.54. The van der Waals surface area contributed by atoms with Gasteiger partial charge in [0.1, 0.15) is 18.0 Å². The van der Waals surface area contributed by atoms with E-state index in [9.17, 15) is 9.18 Å². The minimum absolute atomic E-state index is 0.0661. The fourth-order valence-electron chi connectivity index (χ4n) is 3.54. The van der Waals surface area contributed by atoms with Crippen molar-refractivity contribution in [2.75, 3.05) is 13.2 Å². The number of aromatic nitrogens is 1. The fraction of sp³-hybridized carbons (Fsp3) is 0.444. The lowest BCUT2D eigenvalue weighted by Gasteiger charge is -2.31. The first-order valence-corrected chi connectivity index (χ1v) is 8.39. The van der Waals surface area contributed by atoms with E-state index in [0.717, 1.165) is 12.8 Å². The molecule has 0 N–H and O–H groups in total. The zero-order chi connectivity index (χ0) is 17.4. The molecule has 4 heterocycles. The van der Waals surface area contributed by atoms with Gasteiger partial charge in [-0.3, -0.25) is 4.79 Å². The molecule has 2 saturated heterocycles. The van der Waals surface area contributed by atoms with Crippen LogP contribution in [0.1, 0.15) is 29.2 Å². The molecule has 0 bridgehead atoms. The summed E-state index contributed by atoms with van der Waals surface area (Å²) in [6.45, 7) is 2.71. The van der Waals surface area contributed by atoms with Gasteiger partial charge in [0, 0.05) is 12.8 Å². The monoisotopic (exact) mass is 346 g/mol. The van der Waals surface area contributed by atoms with Gasteiger partial charge in [-0.2, -0.15) is 0 Å². The van der Waals surface area contributed by atoms with Crippen LogP contribution in [0.4, 0.5) is 4.39 Å². The molecule has 2 aliphatic rings. The summed E-state index contributed by atoms with van der Waals surface area (Å²) in [6, 6.07) is 6.12. The maximum atomic E-state index is 13.9. The van der Waals surface area contributed by atoms with Crippen molar-refractivity contribution < 1.29 is 23.1 Å². The second kappa shape index (κ2) is 6.48. The molecule has 2 aliphatic heterocycles. The largest absolute Gasteiger partial charge is 0.468 e. The highest BCUT2D eigenvalue weighted by atomic mass is 19.1. The van der Waals surface area contributed by atoms with Gasteiger partial charge < -0.3 is 18.8 Å². The quantitative estimate of drug-likeness (QED) is 0.855. The molecule has 1 amide bonds. The lowest BCUT2D eigenvalue weighted by Crippen LogP contribution is -2.44. The predicted octanol–water partition coefficient (Wildman–Crippen LogP) is 2.57. The van der Waals surface area contributed by atoms with Gasteiger partial charge >= 0.3 is 0 Å². The first-order chi connectivity index (χ1) is 12.1. The third-order valence-corrected chi connectivity index (χ3v) is 4.68. The van der Waals surface area contributed by atoms with E-state index in [2.05, 4.69) is 4.98 Å². The van der Waals surface area contributed by atoms with Crippen LogP contribution < -0.4 is 4.74 Å². The second-order valence-corrected chi connectivity index (χ2v) is 6.36. The first kappa shape index (κ1) is 16.1. The normalized spacial score (nSPS) is 25.7. The van der Waals surface area contributed by atoms with Crippen molar-refractivity contribution in [3.05, 3.63) is 47.8 Å². The van der Waals surface area contributed by atoms with E-state index in [1.807, 2.05) is 0 Å². The molecule has 25 heavy (non-hydrogen) atoms. The minimum atomic E-state index is -0.527. The van der Waals surface area contributed by atoms with Crippen LogP contribution in [-0.4, -0.2) is 47.2 Å². The summed E-state index contributed by atoms with van der Waals surface area (Å²) >= 11 is 0. The van der Waals surface area contributed by atoms with Gasteiger partial charge in [-0.05, 0) is 44.0 Å². The third kappa shape index (κ3) is 3.00. The summed E-state index contributed by atoms with van der Waals surface area (Å²) < 4.78 is 30.9. The number of aryl methyl sites for hydroxylation is 1. The average Bonchev–Trinajstić information content (AvgIpc) is 3.21. The lowest BCUT2D eigenvalue weighted by molar-refractivity contribution is -0.0464. The van der Waals surface area contributed by atoms with E-state index >= 15 is 0 Å². The Hall–Kier alpha value is -2.41. The summed E-state index contributed by atoms with van der Waals surface area (Å²) in [7, 11) is 0. The van der Waals surface area contributed by atoms with Crippen LogP contribution in [-0.2, 0) is 4.74 Å². The molecule has 2 aromatic rings. The molecule has 0 aliphatic carbocycles. The summed E-state index contributed by atoms with van der Waals surface area (Å²) in [4.78, 5) is 18.5. The Bertz CT molecular complexity index is 778. The van der Waals surface area contributed by atoms with Crippen molar-refractivity contribution in [3.63, 3.8) is 0 Å². The maximum Gasteiger partial charge on any atom is 0.290 e. The van der Waals surface area contributed by atoms with Gasteiger partial charge in [0.05, 0.1) is 12.6 Å². The zero-order valence-corrected chi connectivity index (χ0v) is 13.9. The van der Waals surface area contributed by atoms with Crippen LogP contribution in [0.5, 0.6) is 5.88 Å². The molecule has 132 valence electrons. The van der Waals surface area contributed by atoms with E-state index in [4.69, 9.17) is 13.9 Å². The van der Waals surface area contributed by atoms with E-state index in [1.165, 1.54) is 18.3 Å².